The molecule has 0 radical (unpaired) electrons. The van der Waals surface area contributed by atoms with Gasteiger partial charge in [0.1, 0.15) is 12.2 Å². The molecule has 9 heteroatoms. The fourth-order valence-electron chi connectivity index (χ4n) is 3.13. The number of para-hydroxylation sites is 1. The number of hydrogen-bond donors (Lipinski definition) is 1. The Bertz CT molecular complexity index is 1340. The predicted octanol–water partition coefficient (Wildman–Crippen LogP) is 7.24. The van der Waals surface area contributed by atoms with Gasteiger partial charge in [0.15, 0.2) is 17.3 Å². The minimum absolute atomic E-state index is 0.179. The summed E-state index contributed by atoms with van der Waals surface area (Å²) in [5.74, 6) is 0.813. The number of furan rings is 1. The maximum atomic E-state index is 12.4. The summed E-state index contributed by atoms with van der Waals surface area (Å²) in [6, 6.07) is 17.9. The van der Waals surface area contributed by atoms with Crippen LogP contribution in [-0.4, -0.2) is 18.7 Å². The molecule has 0 atom stereocenters. The van der Waals surface area contributed by atoms with E-state index in [2.05, 4.69) is 26.5 Å². The number of rotatable bonds is 8. The molecule has 0 aliphatic carbocycles. The van der Waals surface area contributed by atoms with Gasteiger partial charge in [-0.3, -0.25) is 4.79 Å². The summed E-state index contributed by atoms with van der Waals surface area (Å²) in [7, 11) is 0. The van der Waals surface area contributed by atoms with Crippen molar-refractivity contribution < 1.29 is 18.7 Å². The van der Waals surface area contributed by atoms with Crippen molar-refractivity contribution in [2.75, 3.05) is 6.61 Å². The summed E-state index contributed by atoms with van der Waals surface area (Å²) in [6.45, 7) is 2.61. The largest absolute Gasteiger partial charge is 0.490 e. The van der Waals surface area contributed by atoms with E-state index in [1.807, 2.05) is 31.2 Å². The average molecular weight is 562 g/mol. The average Bonchev–Trinajstić information content (AvgIpc) is 3.26. The second-order valence-corrected chi connectivity index (χ2v) is 8.81. The van der Waals surface area contributed by atoms with Crippen LogP contribution in [0.2, 0.25) is 10.0 Å². The van der Waals surface area contributed by atoms with Crippen LogP contribution in [0.3, 0.4) is 0 Å². The Kier molecular flexibility index (Phi) is 7.77. The van der Waals surface area contributed by atoms with Gasteiger partial charge in [0, 0.05) is 15.4 Å². The molecular formula is C25H19BrCl2N2O4. The first-order valence-electron chi connectivity index (χ1n) is 10.3. The van der Waals surface area contributed by atoms with Crippen LogP contribution in [0.4, 0.5) is 0 Å². The summed E-state index contributed by atoms with van der Waals surface area (Å²) in [5, 5.41) is 5.85. The first-order valence-corrected chi connectivity index (χ1v) is 11.8. The molecule has 0 aliphatic heterocycles. The Balaban J connectivity index is 1.46. The predicted molar refractivity (Wildman–Crippen MR) is 137 cm³/mol. The van der Waals surface area contributed by atoms with Gasteiger partial charge in [-0.2, -0.15) is 5.10 Å². The number of nitrogens with one attached hydrogen (secondary N) is 1. The van der Waals surface area contributed by atoms with Gasteiger partial charge in [-0.15, -0.1) is 0 Å². The summed E-state index contributed by atoms with van der Waals surface area (Å²) in [4.78, 5) is 12.4. The van der Waals surface area contributed by atoms with Gasteiger partial charge < -0.3 is 13.9 Å². The number of amides is 1. The summed E-state index contributed by atoms with van der Waals surface area (Å²) >= 11 is 15.6. The molecule has 0 saturated heterocycles. The van der Waals surface area contributed by atoms with Crippen LogP contribution >= 0.6 is 39.1 Å². The highest BCUT2D eigenvalue weighted by Crippen LogP contribution is 2.34. The van der Waals surface area contributed by atoms with Crippen LogP contribution in [0.1, 0.15) is 28.6 Å². The van der Waals surface area contributed by atoms with Crippen molar-refractivity contribution in [1.29, 1.82) is 0 Å². The number of ether oxygens (including phenoxy) is 2. The molecule has 4 aromatic rings. The number of nitrogens with zero attached hydrogens (tertiary/aromatic N) is 1. The van der Waals surface area contributed by atoms with Gasteiger partial charge in [-0.25, -0.2) is 5.43 Å². The zero-order valence-electron chi connectivity index (χ0n) is 18.0. The molecule has 6 nitrogen and oxygen atoms in total. The van der Waals surface area contributed by atoms with Gasteiger partial charge >= 0.3 is 5.91 Å². The number of carbonyl (C=O) groups excluding carboxylic acids is 1. The zero-order chi connectivity index (χ0) is 24.1. The maximum absolute atomic E-state index is 12.4. The van der Waals surface area contributed by atoms with Crippen molar-refractivity contribution >= 4 is 62.2 Å². The number of carbonyl (C=O) groups is 1. The molecule has 0 unspecified atom stereocenters. The van der Waals surface area contributed by atoms with Crippen LogP contribution in [0, 0.1) is 0 Å². The van der Waals surface area contributed by atoms with E-state index in [0.29, 0.717) is 43.8 Å². The molecule has 34 heavy (non-hydrogen) atoms. The Labute approximate surface area is 214 Å². The lowest BCUT2D eigenvalue weighted by Gasteiger charge is -2.14. The quantitative estimate of drug-likeness (QED) is 0.182. The lowest BCUT2D eigenvalue weighted by molar-refractivity contribution is 0.0929. The van der Waals surface area contributed by atoms with Crippen LogP contribution in [0.15, 0.2) is 74.7 Å². The minimum atomic E-state index is -0.449. The van der Waals surface area contributed by atoms with E-state index in [0.717, 1.165) is 10.9 Å². The molecule has 4 rings (SSSR count). The second-order valence-electron chi connectivity index (χ2n) is 7.14. The number of fused-ring (bicyclic) bond motifs is 1. The van der Waals surface area contributed by atoms with E-state index < -0.39 is 5.91 Å². The Hall–Kier alpha value is -3.00. The minimum Gasteiger partial charge on any atom is -0.490 e. The monoisotopic (exact) mass is 560 g/mol. The molecule has 0 aliphatic rings. The smallest absolute Gasteiger partial charge is 0.307 e. The van der Waals surface area contributed by atoms with Crippen LogP contribution < -0.4 is 14.9 Å². The summed E-state index contributed by atoms with van der Waals surface area (Å²) in [5.41, 5.74) is 4.67. The number of benzene rings is 3. The number of halogens is 3. The SMILES string of the molecule is CCOc1cc(/C=N/NC(=O)c2cc3ccccc3o2)c(Br)cc1OCc1ccc(Cl)c(Cl)c1. The van der Waals surface area contributed by atoms with Gasteiger partial charge in [0.25, 0.3) is 0 Å². The standard InChI is InChI=1S/C25H19BrCl2N2O4/c1-2-32-22-11-17(13-29-30-25(31)24-10-16-5-3-4-6-21(16)34-24)18(26)12-23(22)33-14-15-7-8-19(27)20(28)9-15/h3-13H,2,14H2,1H3,(H,30,31)/b29-13+. The molecule has 0 spiro atoms. The third-order valence-electron chi connectivity index (χ3n) is 4.76. The first kappa shape index (κ1) is 24.1. The lowest BCUT2D eigenvalue weighted by atomic mass is 10.2. The van der Waals surface area contributed by atoms with E-state index >= 15 is 0 Å². The summed E-state index contributed by atoms with van der Waals surface area (Å²) in [6.07, 6.45) is 1.51. The third-order valence-corrected chi connectivity index (χ3v) is 6.19. The highest BCUT2D eigenvalue weighted by Gasteiger charge is 2.13. The van der Waals surface area contributed by atoms with Crippen molar-refractivity contribution in [2.45, 2.75) is 13.5 Å². The summed E-state index contributed by atoms with van der Waals surface area (Å²) < 4.78 is 18.0. The van der Waals surface area contributed by atoms with Gasteiger partial charge in [-0.05, 0) is 64.8 Å². The molecule has 174 valence electrons. The van der Waals surface area contributed by atoms with E-state index in [9.17, 15) is 4.79 Å². The fourth-order valence-corrected chi connectivity index (χ4v) is 3.88. The molecule has 3 aromatic carbocycles. The molecule has 1 amide bonds. The molecule has 0 saturated carbocycles. The van der Waals surface area contributed by atoms with Gasteiger partial charge in [-0.1, -0.05) is 47.5 Å². The molecule has 1 N–H and O–H groups in total. The van der Waals surface area contributed by atoms with Crippen LogP contribution in [0.25, 0.3) is 11.0 Å². The van der Waals surface area contributed by atoms with Crippen molar-refractivity contribution in [3.8, 4) is 11.5 Å². The van der Waals surface area contributed by atoms with Crippen molar-refractivity contribution in [2.24, 2.45) is 5.10 Å². The molecule has 0 fully saturated rings. The Morgan fingerprint density at radius 1 is 1.06 bits per heavy atom. The van der Waals surface area contributed by atoms with Crippen LogP contribution in [-0.2, 0) is 6.61 Å². The third kappa shape index (κ3) is 5.73. The van der Waals surface area contributed by atoms with E-state index in [4.69, 9.17) is 37.1 Å². The second kappa shape index (κ2) is 11.0. The first-order chi connectivity index (χ1) is 16.4. The molecule has 1 aromatic heterocycles. The van der Waals surface area contributed by atoms with Crippen molar-refractivity contribution in [1.82, 2.24) is 5.43 Å². The number of hydrazone groups is 1. The highest BCUT2D eigenvalue weighted by molar-refractivity contribution is 9.10. The maximum Gasteiger partial charge on any atom is 0.307 e. The molecule has 1 heterocycles. The molecular weight excluding hydrogens is 543 g/mol. The molecule has 0 bridgehead atoms. The van der Waals surface area contributed by atoms with Crippen LogP contribution in [0.5, 0.6) is 11.5 Å². The van der Waals surface area contributed by atoms with E-state index in [1.54, 1.807) is 36.4 Å². The van der Waals surface area contributed by atoms with Gasteiger partial charge in [0.2, 0.25) is 0 Å². The van der Waals surface area contributed by atoms with Gasteiger partial charge in [0.05, 0.1) is 22.9 Å². The lowest BCUT2D eigenvalue weighted by Crippen LogP contribution is -2.16. The fraction of sp³-hybridized carbons (Fsp3) is 0.120. The normalized spacial score (nSPS) is 11.2. The zero-order valence-corrected chi connectivity index (χ0v) is 21.1. The topological polar surface area (TPSA) is 73.1 Å². The number of hydrogen-bond acceptors (Lipinski definition) is 5. The Morgan fingerprint density at radius 2 is 1.85 bits per heavy atom. The Morgan fingerprint density at radius 3 is 2.62 bits per heavy atom. The van der Waals surface area contributed by atoms with E-state index in [-0.39, 0.29) is 12.4 Å². The van der Waals surface area contributed by atoms with E-state index in [1.165, 1.54) is 6.21 Å². The van der Waals surface area contributed by atoms with Crippen molar-refractivity contribution in [3.63, 3.8) is 0 Å². The van der Waals surface area contributed by atoms with Crippen molar-refractivity contribution in [3.05, 3.63) is 92.1 Å². The highest BCUT2D eigenvalue weighted by atomic mass is 79.9.